The first-order valence-corrected chi connectivity index (χ1v) is 8.28. The first-order chi connectivity index (χ1) is 12.0. The zero-order valence-corrected chi connectivity index (χ0v) is 13.8. The van der Waals surface area contributed by atoms with Gasteiger partial charge >= 0.3 is 11.9 Å². The maximum absolute atomic E-state index is 11.0. The van der Waals surface area contributed by atoms with E-state index in [-0.39, 0.29) is 5.69 Å². The Balaban J connectivity index is 1.67. The molecule has 0 aliphatic carbocycles. The van der Waals surface area contributed by atoms with Crippen LogP contribution in [0, 0.1) is 0 Å². The Morgan fingerprint density at radius 3 is 2.52 bits per heavy atom. The number of aromatic carboxylic acids is 2. The zero-order chi connectivity index (χ0) is 17.8. The summed E-state index contributed by atoms with van der Waals surface area (Å²) in [6, 6.07) is 12.1. The predicted octanol–water partition coefficient (Wildman–Crippen LogP) is 2.86. The number of piperidine rings is 1. The fourth-order valence-corrected chi connectivity index (χ4v) is 3.28. The summed E-state index contributed by atoms with van der Waals surface area (Å²) in [4.78, 5) is 28.5. The summed E-state index contributed by atoms with van der Waals surface area (Å²) in [5, 5.41) is 18.0. The molecule has 1 aliphatic rings. The van der Waals surface area contributed by atoms with Crippen molar-refractivity contribution < 1.29 is 19.8 Å². The van der Waals surface area contributed by atoms with Gasteiger partial charge in [-0.25, -0.2) is 14.6 Å². The molecule has 1 aromatic carbocycles. The number of hydrogen-bond donors (Lipinski definition) is 2. The largest absolute Gasteiger partial charge is 0.478 e. The molecule has 0 radical (unpaired) electrons. The molecule has 0 spiro atoms. The number of hydrogen-bond acceptors (Lipinski definition) is 4. The lowest BCUT2D eigenvalue weighted by molar-refractivity contribution is 0.0682. The molecule has 1 saturated heterocycles. The van der Waals surface area contributed by atoms with Gasteiger partial charge < -0.3 is 10.2 Å². The van der Waals surface area contributed by atoms with Crippen LogP contribution in [0.1, 0.15) is 50.9 Å². The second-order valence-electron chi connectivity index (χ2n) is 6.32. The highest BCUT2D eigenvalue weighted by atomic mass is 16.4. The monoisotopic (exact) mass is 340 g/mol. The van der Waals surface area contributed by atoms with Crippen molar-refractivity contribution in [3.63, 3.8) is 0 Å². The molecule has 2 aromatic rings. The van der Waals surface area contributed by atoms with E-state index in [0.29, 0.717) is 18.0 Å². The minimum absolute atomic E-state index is 0.0651. The van der Waals surface area contributed by atoms with E-state index in [0.717, 1.165) is 37.2 Å². The van der Waals surface area contributed by atoms with Gasteiger partial charge in [-0.2, -0.15) is 0 Å². The second-order valence-corrected chi connectivity index (χ2v) is 6.32. The number of carbonyl (C=O) groups is 2. The summed E-state index contributed by atoms with van der Waals surface area (Å²) in [5.74, 6) is -1.59. The van der Waals surface area contributed by atoms with E-state index in [1.165, 1.54) is 6.07 Å². The van der Waals surface area contributed by atoms with Gasteiger partial charge in [-0.15, -0.1) is 0 Å². The molecule has 0 saturated carbocycles. The number of pyridine rings is 1. The van der Waals surface area contributed by atoms with Gasteiger partial charge in [0.15, 0.2) is 0 Å². The highest BCUT2D eigenvalue weighted by Gasteiger charge is 2.22. The fraction of sp³-hybridized carbons (Fsp3) is 0.316. The summed E-state index contributed by atoms with van der Waals surface area (Å²) in [6.07, 6.45) is 2.11. The summed E-state index contributed by atoms with van der Waals surface area (Å²) in [7, 11) is 0. The summed E-state index contributed by atoms with van der Waals surface area (Å²) >= 11 is 0. The van der Waals surface area contributed by atoms with Gasteiger partial charge in [0.2, 0.25) is 0 Å². The van der Waals surface area contributed by atoms with Gasteiger partial charge in [-0.05, 0) is 55.1 Å². The SMILES string of the molecule is O=C(O)c1ccc([C@@H]2CCCN(Cc3cccc(C(=O)O)n3)C2)cc1. The van der Waals surface area contributed by atoms with Crippen LogP contribution in [0.15, 0.2) is 42.5 Å². The smallest absolute Gasteiger partial charge is 0.354 e. The molecule has 25 heavy (non-hydrogen) atoms. The van der Waals surface area contributed by atoms with E-state index >= 15 is 0 Å². The number of rotatable bonds is 5. The van der Waals surface area contributed by atoms with E-state index in [1.807, 2.05) is 18.2 Å². The van der Waals surface area contributed by atoms with Gasteiger partial charge in [0.25, 0.3) is 0 Å². The molecule has 0 bridgehead atoms. The molecular formula is C19H20N2O4. The van der Waals surface area contributed by atoms with Crippen LogP contribution >= 0.6 is 0 Å². The molecular weight excluding hydrogens is 320 g/mol. The Labute approximate surface area is 145 Å². The molecule has 130 valence electrons. The van der Waals surface area contributed by atoms with E-state index in [2.05, 4.69) is 9.88 Å². The molecule has 1 aliphatic heterocycles. The molecule has 2 heterocycles. The Bertz CT molecular complexity index is 773. The third-order valence-electron chi connectivity index (χ3n) is 4.55. The van der Waals surface area contributed by atoms with Crippen molar-refractivity contribution in [1.29, 1.82) is 0 Å². The minimum atomic E-state index is -1.02. The number of nitrogens with zero attached hydrogens (tertiary/aromatic N) is 2. The second kappa shape index (κ2) is 7.44. The molecule has 0 amide bonds. The van der Waals surface area contributed by atoms with Crippen molar-refractivity contribution >= 4 is 11.9 Å². The third kappa shape index (κ3) is 4.22. The Kier molecular flexibility index (Phi) is 5.09. The number of carboxylic acids is 2. The fourth-order valence-electron chi connectivity index (χ4n) is 3.28. The molecule has 2 N–H and O–H groups in total. The van der Waals surface area contributed by atoms with Crippen LogP contribution in [0.4, 0.5) is 0 Å². The van der Waals surface area contributed by atoms with Crippen molar-refractivity contribution in [2.24, 2.45) is 0 Å². The highest BCUT2D eigenvalue weighted by Crippen LogP contribution is 2.27. The topological polar surface area (TPSA) is 90.7 Å². The average Bonchev–Trinajstić information content (AvgIpc) is 2.62. The van der Waals surface area contributed by atoms with Crippen molar-refractivity contribution in [2.45, 2.75) is 25.3 Å². The van der Waals surface area contributed by atoms with Crippen LogP contribution in [-0.2, 0) is 6.54 Å². The zero-order valence-electron chi connectivity index (χ0n) is 13.8. The number of benzene rings is 1. The van der Waals surface area contributed by atoms with Crippen LogP contribution in [0.5, 0.6) is 0 Å². The standard InChI is InChI=1S/C19H20N2O4/c22-18(23)14-8-6-13(7-9-14)15-3-2-10-21(11-15)12-16-4-1-5-17(20-16)19(24)25/h1,4-9,15H,2-3,10-12H2,(H,22,23)(H,24,25)/t15-/m1/s1. The lowest BCUT2D eigenvalue weighted by atomic mass is 9.90. The van der Waals surface area contributed by atoms with Crippen LogP contribution in [0.2, 0.25) is 0 Å². The highest BCUT2D eigenvalue weighted by molar-refractivity contribution is 5.87. The van der Waals surface area contributed by atoms with Crippen molar-refractivity contribution in [1.82, 2.24) is 9.88 Å². The summed E-state index contributed by atoms with van der Waals surface area (Å²) in [5.41, 5.74) is 2.25. The first kappa shape index (κ1) is 17.1. The van der Waals surface area contributed by atoms with Crippen LogP contribution < -0.4 is 0 Å². The van der Waals surface area contributed by atoms with E-state index in [4.69, 9.17) is 10.2 Å². The van der Waals surface area contributed by atoms with E-state index < -0.39 is 11.9 Å². The molecule has 6 heteroatoms. The normalized spacial score (nSPS) is 18.0. The van der Waals surface area contributed by atoms with Crippen LogP contribution in [0.3, 0.4) is 0 Å². The van der Waals surface area contributed by atoms with Crippen molar-refractivity contribution in [2.75, 3.05) is 13.1 Å². The van der Waals surface area contributed by atoms with Gasteiger partial charge in [-0.1, -0.05) is 18.2 Å². The first-order valence-electron chi connectivity index (χ1n) is 8.28. The average molecular weight is 340 g/mol. The maximum atomic E-state index is 11.0. The Morgan fingerprint density at radius 1 is 1.08 bits per heavy atom. The van der Waals surface area contributed by atoms with Crippen LogP contribution in [-0.4, -0.2) is 45.1 Å². The van der Waals surface area contributed by atoms with E-state index in [9.17, 15) is 9.59 Å². The van der Waals surface area contributed by atoms with Gasteiger partial charge in [-0.3, -0.25) is 4.90 Å². The third-order valence-corrected chi connectivity index (χ3v) is 4.55. The van der Waals surface area contributed by atoms with E-state index in [1.54, 1.807) is 18.2 Å². The molecule has 6 nitrogen and oxygen atoms in total. The predicted molar refractivity (Wildman–Crippen MR) is 91.8 cm³/mol. The quantitative estimate of drug-likeness (QED) is 0.870. The number of carboxylic acid groups (broad SMARTS) is 2. The lowest BCUT2D eigenvalue weighted by Crippen LogP contribution is -2.34. The lowest BCUT2D eigenvalue weighted by Gasteiger charge is -2.32. The summed E-state index contributed by atoms with van der Waals surface area (Å²) in [6.45, 7) is 2.42. The molecule has 3 rings (SSSR count). The van der Waals surface area contributed by atoms with Crippen LogP contribution in [0.25, 0.3) is 0 Å². The summed E-state index contributed by atoms with van der Waals surface area (Å²) < 4.78 is 0. The van der Waals surface area contributed by atoms with Gasteiger partial charge in [0.05, 0.1) is 11.3 Å². The van der Waals surface area contributed by atoms with Gasteiger partial charge in [0.1, 0.15) is 5.69 Å². The molecule has 1 aromatic heterocycles. The van der Waals surface area contributed by atoms with Crippen molar-refractivity contribution in [3.05, 3.63) is 65.0 Å². The van der Waals surface area contributed by atoms with Gasteiger partial charge in [0, 0.05) is 13.1 Å². The Morgan fingerprint density at radius 2 is 1.84 bits per heavy atom. The molecule has 1 fully saturated rings. The minimum Gasteiger partial charge on any atom is -0.478 e. The van der Waals surface area contributed by atoms with Crippen molar-refractivity contribution in [3.8, 4) is 0 Å². The Hall–Kier alpha value is -2.73. The molecule has 1 atom stereocenters. The number of likely N-dealkylation sites (tertiary alicyclic amines) is 1. The number of aromatic nitrogens is 1. The molecule has 0 unspecified atom stereocenters. The maximum Gasteiger partial charge on any atom is 0.354 e.